The number of aromatic amines is 1. The molecule has 7 nitrogen and oxygen atoms in total. The van der Waals surface area contributed by atoms with E-state index in [1.807, 2.05) is 30.3 Å². The minimum Gasteiger partial charge on any atom is -0.381 e. The summed E-state index contributed by atoms with van der Waals surface area (Å²) in [7, 11) is -5.84. The molecule has 1 fully saturated rings. The van der Waals surface area contributed by atoms with Crippen LogP contribution in [0.5, 0.6) is 0 Å². The fourth-order valence-electron chi connectivity index (χ4n) is 4.47. The van der Waals surface area contributed by atoms with Crippen LogP contribution in [0.2, 0.25) is 0 Å². The van der Waals surface area contributed by atoms with Gasteiger partial charge in [0.15, 0.2) is 5.78 Å². The molecule has 2 aromatic carbocycles. The lowest BCUT2D eigenvalue weighted by Crippen LogP contribution is -2.40. The van der Waals surface area contributed by atoms with Crippen molar-refractivity contribution in [2.24, 2.45) is 0 Å². The van der Waals surface area contributed by atoms with E-state index in [2.05, 4.69) is 17.1 Å². The van der Waals surface area contributed by atoms with Gasteiger partial charge in [0, 0.05) is 40.8 Å². The molecule has 3 aromatic rings. The zero-order valence-electron chi connectivity index (χ0n) is 16.9. The van der Waals surface area contributed by atoms with Crippen LogP contribution in [0.15, 0.2) is 42.5 Å². The number of H-pyrrole nitrogens is 1. The van der Waals surface area contributed by atoms with Crippen LogP contribution in [-0.4, -0.2) is 42.5 Å². The van der Waals surface area contributed by atoms with Gasteiger partial charge in [0.05, 0.1) is 17.2 Å². The summed E-state index contributed by atoms with van der Waals surface area (Å²) in [6.45, 7) is 1.36. The molecule has 172 valence electrons. The summed E-state index contributed by atoms with van der Waals surface area (Å²) in [5.74, 6) is 0.0682. The van der Waals surface area contributed by atoms with Gasteiger partial charge in [0.2, 0.25) is 0 Å². The Morgan fingerprint density at radius 1 is 1.12 bits per heavy atom. The summed E-state index contributed by atoms with van der Waals surface area (Å²) < 4.78 is 63.2. The van der Waals surface area contributed by atoms with Crippen LogP contribution < -0.4 is 0 Å². The number of carbonyl (C=O) groups is 1. The number of hydrogen-bond donors (Lipinski definition) is 2. The van der Waals surface area contributed by atoms with Crippen molar-refractivity contribution in [1.29, 1.82) is 5.26 Å². The molecule has 2 heterocycles. The molecule has 0 radical (unpaired) electrons. The molecule has 2 N–H and O–H groups in total. The van der Waals surface area contributed by atoms with E-state index in [1.54, 1.807) is 6.07 Å². The summed E-state index contributed by atoms with van der Waals surface area (Å²) >= 11 is 0. The number of rotatable bonds is 0. The van der Waals surface area contributed by atoms with Crippen LogP contribution in [0.25, 0.3) is 10.9 Å². The van der Waals surface area contributed by atoms with Gasteiger partial charge < -0.3 is 9.72 Å². The van der Waals surface area contributed by atoms with Crippen molar-refractivity contribution in [3.8, 4) is 6.07 Å². The van der Waals surface area contributed by atoms with Gasteiger partial charge in [0.25, 0.3) is 0 Å². The lowest BCUT2D eigenvalue weighted by Gasteiger charge is -2.41. The molecule has 0 unspecified atom stereocenters. The molecule has 1 saturated heterocycles. The smallest absolute Gasteiger partial charge is 0.381 e. The van der Waals surface area contributed by atoms with Crippen molar-refractivity contribution in [3.63, 3.8) is 0 Å². The van der Waals surface area contributed by atoms with Gasteiger partial charge in [0.1, 0.15) is 0 Å². The molecule has 1 aliphatic carbocycles. The van der Waals surface area contributed by atoms with E-state index in [-0.39, 0.29) is 11.2 Å². The predicted octanol–water partition coefficient (Wildman–Crippen LogP) is 4.07. The van der Waals surface area contributed by atoms with Crippen LogP contribution in [0, 0.1) is 11.3 Å². The Bertz CT molecular complexity index is 1400. The first-order valence-corrected chi connectivity index (χ1v) is 11.3. The number of fused-ring (bicyclic) bond motifs is 6. The maximum atomic E-state index is 13.2. The molecule has 1 aromatic heterocycles. The third kappa shape index (κ3) is 3.80. The minimum atomic E-state index is -5.84. The molecule has 0 bridgehead atoms. The van der Waals surface area contributed by atoms with Gasteiger partial charge in [-0.1, -0.05) is 30.3 Å². The van der Waals surface area contributed by atoms with Gasteiger partial charge in [-0.25, -0.2) is 0 Å². The number of nitrogens with zero attached hydrogens (tertiary/aromatic N) is 1. The van der Waals surface area contributed by atoms with Crippen molar-refractivity contribution in [2.45, 2.75) is 23.8 Å². The lowest BCUT2D eigenvalue weighted by atomic mass is 9.65. The third-order valence-corrected chi connectivity index (χ3v) is 6.54. The largest absolute Gasteiger partial charge is 0.522 e. The second kappa shape index (κ2) is 7.98. The van der Waals surface area contributed by atoms with Crippen molar-refractivity contribution in [1.82, 2.24) is 4.98 Å². The normalized spacial score (nSPS) is 17.0. The maximum Gasteiger partial charge on any atom is 0.522 e. The van der Waals surface area contributed by atoms with Crippen LogP contribution in [0.3, 0.4) is 0 Å². The van der Waals surface area contributed by atoms with E-state index in [9.17, 15) is 23.2 Å². The van der Waals surface area contributed by atoms with E-state index >= 15 is 0 Å². The number of nitriles is 1. The fourth-order valence-corrected chi connectivity index (χ4v) is 4.47. The van der Waals surface area contributed by atoms with Crippen LogP contribution in [0.1, 0.15) is 45.6 Å². The first-order valence-electron chi connectivity index (χ1n) is 9.81. The van der Waals surface area contributed by atoms with Gasteiger partial charge in [-0.3, -0.25) is 9.35 Å². The quantitative estimate of drug-likeness (QED) is 0.371. The van der Waals surface area contributed by atoms with E-state index in [0.29, 0.717) is 18.8 Å². The molecule has 11 heteroatoms. The molecule has 1 aliphatic heterocycles. The zero-order valence-corrected chi connectivity index (χ0v) is 17.8. The number of ether oxygens (including phenoxy) is 1. The molecule has 5 rings (SSSR count). The number of benzene rings is 2. The van der Waals surface area contributed by atoms with Gasteiger partial charge in [-0.15, -0.1) is 0 Å². The second-order valence-electron chi connectivity index (χ2n) is 7.74. The maximum absolute atomic E-state index is 13.2. The van der Waals surface area contributed by atoms with E-state index in [4.69, 9.17) is 17.7 Å². The SMILES string of the molecule is N#Cc1ccc2c3c([nH]c2c1)C1(CCOCC1)c1ccccc1C3=O.O=S(=O)(O)C(F)(F)F. The first kappa shape index (κ1) is 23.0. The van der Waals surface area contributed by atoms with Crippen LogP contribution >= 0.6 is 0 Å². The Morgan fingerprint density at radius 2 is 1.76 bits per heavy atom. The molecular weight excluding hydrogens is 461 g/mol. The second-order valence-corrected chi connectivity index (χ2v) is 9.15. The molecule has 0 amide bonds. The van der Waals surface area contributed by atoms with E-state index in [1.165, 1.54) is 0 Å². The zero-order chi connectivity index (χ0) is 24.0. The standard InChI is InChI=1S/C21H16N2O2.CHF3O3S/c22-12-13-5-6-15-17(11-13)23-20-18(15)19(24)14-3-1-2-4-16(14)21(20)7-9-25-10-8-21;2-1(3,4)8(5,6)7/h1-6,11,23H,7-10H2;(H,5,6,7). The highest BCUT2D eigenvalue weighted by Crippen LogP contribution is 2.49. The average molecular weight is 478 g/mol. The highest BCUT2D eigenvalue weighted by molar-refractivity contribution is 7.86. The van der Waals surface area contributed by atoms with Crippen molar-refractivity contribution < 1.29 is 35.7 Å². The van der Waals surface area contributed by atoms with Gasteiger partial charge >= 0.3 is 15.6 Å². The number of aromatic nitrogens is 1. The van der Waals surface area contributed by atoms with E-state index in [0.717, 1.165) is 46.1 Å². The molecule has 0 atom stereocenters. The molecule has 33 heavy (non-hydrogen) atoms. The molecule has 0 saturated carbocycles. The van der Waals surface area contributed by atoms with Crippen molar-refractivity contribution in [3.05, 3.63) is 70.4 Å². The Balaban J connectivity index is 0.000000281. The summed E-state index contributed by atoms with van der Waals surface area (Å²) in [5.41, 5.74) is -0.653. The fraction of sp³-hybridized carbons (Fsp3) is 0.273. The number of alkyl halides is 3. The van der Waals surface area contributed by atoms with Gasteiger partial charge in [-0.2, -0.15) is 26.9 Å². The molecule has 1 spiro atoms. The Morgan fingerprint density at radius 3 is 2.36 bits per heavy atom. The Labute approximate surface area is 186 Å². The minimum absolute atomic E-state index is 0.0682. The summed E-state index contributed by atoms with van der Waals surface area (Å²) in [6, 6.07) is 15.6. The van der Waals surface area contributed by atoms with Gasteiger partial charge in [-0.05, 0) is 30.5 Å². The number of ketones is 1. The summed E-state index contributed by atoms with van der Waals surface area (Å²) in [4.78, 5) is 16.7. The molecular formula is C22H17F3N2O5S. The lowest BCUT2D eigenvalue weighted by molar-refractivity contribution is -0.0510. The van der Waals surface area contributed by atoms with Crippen molar-refractivity contribution >= 4 is 26.8 Å². The first-order chi connectivity index (χ1) is 15.5. The van der Waals surface area contributed by atoms with Crippen LogP contribution in [-0.2, 0) is 20.3 Å². The Kier molecular flexibility index (Phi) is 5.56. The Hall–Kier alpha value is -3.20. The molecule has 2 aliphatic rings. The summed E-state index contributed by atoms with van der Waals surface area (Å²) in [5, 5.41) is 10.1. The average Bonchev–Trinajstić information content (AvgIpc) is 3.17. The third-order valence-electron chi connectivity index (χ3n) is 5.96. The van der Waals surface area contributed by atoms with Crippen molar-refractivity contribution in [2.75, 3.05) is 13.2 Å². The number of nitrogens with one attached hydrogen (secondary N) is 1. The monoisotopic (exact) mass is 478 g/mol. The van der Waals surface area contributed by atoms with Crippen LogP contribution in [0.4, 0.5) is 13.2 Å². The van der Waals surface area contributed by atoms with E-state index < -0.39 is 15.6 Å². The number of carbonyl (C=O) groups excluding carboxylic acids is 1. The highest BCUT2D eigenvalue weighted by Gasteiger charge is 2.46. The highest BCUT2D eigenvalue weighted by atomic mass is 32.2. The summed E-state index contributed by atoms with van der Waals surface area (Å²) in [6.07, 6.45) is 1.70. The predicted molar refractivity (Wildman–Crippen MR) is 111 cm³/mol. The number of hydrogen-bond acceptors (Lipinski definition) is 5. The topological polar surface area (TPSA) is 120 Å². The number of halogens is 3.